The van der Waals surface area contributed by atoms with Crippen LogP contribution in [-0.4, -0.2) is 16.5 Å². The van der Waals surface area contributed by atoms with Gasteiger partial charge in [0.05, 0.1) is 0 Å². The fourth-order valence-electron chi connectivity index (χ4n) is 2.21. The van der Waals surface area contributed by atoms with Gasteiger partial charge in [-0.15, -0.1) is 0 Å². The topological polar surface area (TPSA) is 35.0 Å². The molecule has 84 valence electrons. The van der Waals surface area contributed by atoms with Crippen molar-refractivity contribution in [3.05, 3.63) is 8.84 Å². The first-order valence-corrected chi connectivity index (χ1v) is 7.17. The summed E-state index contributed by atoms with van der Waals surface area (Å²) < 4.78 is 11.2. The van der Waals surface area contributed by atoms with E-state index in [0.29, 0.717) is 0 Å². The van der Waals surface area contributed by atoms with Crippen LogP contribution in [0, 0.1) is 3.01 Å². The molecule has 1 saturated carbocycles. The second kappa shape index (κ2) is 5.05. The zero-order valence-corrected chi connectivity index (χ0v) is 11.8. The SMILES string of the molecule is COC1(c2nsc(I)n2)CCCCCC1. The highest BCUT2D eigenvalue weighted by molar-refractivity contribution is 14.1. The molecule has 0 spiro atoms. The van der Waals surface area contributed by atoms with Gasteiger partial charge >= 0.3 is 0 Å². The third-order valence-electron chi connectivity index (χ3n) is 3.11. The second-order valence-corrected chi connectivity index (χ2v) is 6.49. The molecule has 1 fully saturated rings. The monoisotopic (exact) mass is 338 g/mol. The third kappa shape index (κ3) is 2.50. The number of halogens is 1. The highest BCUT2D eigenvalue weighted by Crippen LogP contribution is 2.37. The van der Waals surface area contributed by atoms with Crippen LogP contribution in [0.5, 0.6) is 0 Å². The molecule has 3 nitrogen and oxygen atoms in total. The van der Waals surface area contributed by atoms with Crippen molar-refractivity contribution < 1.29 is 4.74 Å². The van der Waals surface area contributed by atoms with Crippen LogP contribution in [0.15, 0.2) is 0 Å². The van der Waals surface area contributed by atoms with Gasteiger partial charge in [-0.3, -0.25) is 0 Å². The number of nitrogens with zero attached hydrogens (tertiary/aromatic N) is 2. The van der Waals surface area contributed by atoms with Gasteiger partial charge in [0, 0.05) is 7.11 Å². The van der Waals surface area contributed by atoms with Crippen LogP contribution in [0.1, 0.15) is 44.3 Å². The van der Waals surface area contributed by atoms with Gasteiger partial charge < -0.3 is 4.74 Å². The predicted molar refractivity (Wildman–Crippen MR) is 69.0 cm³/mol. The van der Waals surface area contributed by atoms with E-state index in [4.69, 9.17) is 4.74 Å². The van der Waals surface area contributed by atoms with E-state index in [1.165, 1.54) is 37.2 Å². The summed E-state index contributed by atoms with van der Waals surface area (Å²) in [7, 11) is 1.79. The van der Waals surface area contributed by atoms with Crippen molar-refractivity contribution in [2.24, 2.45) is 0 Å². The van der Waals surface area contributed by atoms with Gasteiger partial charge in [0.15, 0.2) is 8.84 Å². The maximum atomic E-state index is 5.74. The van der Waals surface area contributed by atoms with E-state index in [0.717, 1.165) is 21.7 Å². The summed E-state index contributed by atoms with van der Waals surface area (Å²) in [6.07, 6.45) is 7.21. The fraction of sp³-hybridized carbons (Fsp3) is 0.800. The minimum atomic E-state index is -0.198. The van der Waals surface area contributed by atoms with E-state index in [9.17, 15) is 0 Å². The maximum absolute atomic E-state index is 5.74. The number of hydrogen-bond donors (Lipinski definition) is 0. The fourth-order valence-corrected chi connectivity index (χ4v) is 3.23. The van der Waals surface area contributed by atoms with Gasteiger partial charge in [0.1, 0.15) is 5.60 Å². The van der Waals surface area contributed by atoms with Crippen molar-refractivity contribution >= 4 is 34.1 Å². The first-order chi connectivity index (χ1) is 7.27. The molecule has 0 bridgehead atoms. The molecule has 0 atom stereocenters. The first-order valence-electron chi connectivity index (χ1n) is 5.32. The molecular weight excluding hydrogens is 323 g/mol. The van der Waals surface area contributed by atoms with Crippen molar-refractivity contribution in [3.63, 3.8) is 0 Å². The van der Waals surface area contributed by atoms with E-state index in [1.807, 2.05) is 0 Å². The molecule has 0 aliphatic heterocycles. The van der Waals surface area contributed by atoms with Gasteiger partial charge in [0.2, 0.25) is 0 Å². The molecule has 1 aromatic heterocycles. The quantitative estimate of drug-likeness (QED) is 0.613. The Morgan fingerprint density at radius 1 is 1.27 bits per heavy atom. The molecule has 1 aromatic rings. The Hall–Kier alpha value is 0.250. The normalized spacial score (nSPS) is 21.2. The first kappa shape index (κ1) is 11.7. The minimum Gasteiger partial charge on any atom is -0.370 e. The van der Waals surface area contributed by atoms with Crippen molar-refractivity contribution in [2.45, 2.75) is 44.1 Å². The molecule has 5 heteroatoms. The lowest BCUT2D eigenvalue weighted by molar-refractivity contribution is -0.0343. The standard InChI is InChI=1S/C10H15IN2OS/c1-14-10(6-4-2-3-5-7-10)8-12-9(11)15-13-8/h2-7H2,1H3. The maximum Gasteiger partial charge on any atom is 0.175 e. The van der Waals surface area contributed by atoms with Crippen molar-refractivity contribution in [1.82, 2.24) is 9.36 Å². The number of hydrogen-bond acceptors (Lipinski definition) is 4. The summed E-state index contributed by atoms with van der Waals surface area (Å²) in [5.41, 5.74) is -0.198. The number of rotatable bonds is 2. The number of aromatic nitrogens is 2. The Morgan fingerprint density at radius 2 is 1.93 bits per heavy atom. The molecular formula is C10H15IN2OS. The van der Waals surface area contributed by atoms with Crippen LogP contribution >= 0.6 is 34.1 Å². The molecule has 1 aliphatic rings. The van der Waals surface area contributed by atoms with E-state index in [-0.39, 0.29) is 5.60 Å². The highest BCUT2D eigenvalue weighted by atomic mass is 127. The summed E-state index contributed by atoms with van der Waals surface area (Å²) >= 11 is 3.68. The van der Waals surface area contributed by atoms with Gasteiger partial charge in [-0.25, -0.2) is 4.98 Å². The summed E-state index contributed by atoms with van der Waals surface area (Å²) in [6.45, 7) is 0. The number of ether oxygens (including phenoxy) is 1. The summed E-state index contributed by atoms with van der Waals surface area (Å²) in [5, 5.41) is 0. The van der Waals surface area contributed by atoms with Gasteiger partial charge in [-0.2, -0.15) is 4.37 Å². The van der Waals surface area contributed by atoms with Crippen LogP contribution in [-0.2, 0) is 10.3 Å². The van der Waals surface area contributed by atoms with Crippen LogP contribution < -0.4 is 0 Å². The number of methoxy groups -OCH3 is 1. The average molecular weight is 338 g/mol. The van der Waals surface area contributed by atoms with Gasteiger partial charge in [-0.1, -0.05) is 25.7 Å². The molecule has 0 radical (unpaired) electrons. The van der Waals surface area contributed by atoms with Crippen molar-refractivity contribution in [3.8, 4) is 0 Å². The van der Waals surface area contributed by atoms with E-state index < -0.39 is 0 Å². The molecule has 0 amide bonds. The Morgan fingerprint density at radius 3 is 2.40 bits per heavy atom. The third-order valence-corrected chi connectivity index (χ3v) is 4.45. The Labute approximate surface area is 108 Å². The molecule has 0 unspecified atom stereocenters. The predicted octanol–water partition coefficient (Wildman–Crippen LogP) is 3.34. The van der Waals surface area contributed by atoms with Crippen LogP contribution in [0.4, 0.5) is 0 Å². The van der Waals surface area contributed by atoms with Crippen LogP contribution in [0.3, 0.4) is 0 Å². The summed E-state index contributed by atoms with van der Waals surface area (Å²) in [4.78, 5) is 4.49. The molecule has 2 rings (SSSR count). The average Bonchev–Trinajstić information content (AvgIpc) is 2.56. The van der Waals surface area contributed by atoms with Crippen LogP contribution in [0.25, 0.3) is 0 Å². The second-order valence-electron chi connectivity index (χ2n) is 3.98. The van der Waals surface area contributed by atoms with E-state index in [1.54, 1.807) is 7.11 Å². The lowest BCUT2D eigenvalue weighted by Crippen LogP contribution is -2.29. The molecule has 0 saturated heterocycles. The van der Waals surface area contributed by atoms with Gasteiger partial charge in [-0.05, 0) is 47.0 Å². The molecule has 0 N–H and O–H groups in total. The largest absolute Gasteiger partial charge is 0.370 e. The van der Waals surface area contributed by atoms with Crippen LogP contribution in [0.2, 0.25) is 0 Å². The molecule has 1 heterocycles. The molecule has 1 aliphatic carbocycles. The molecule has 0 aromatic carbocycles. The lowest BCUT2D eigenvalue weighted by atomic mass is 9.93. The van der Waals surface area contributed by atoms with Gasteiger partial charge in [0.25, 0.3) is 0 Å². The zero-order chi connectivity index (χ0) is 10.7. The zero-order valence-electron chi connectivity index (χ0n) is 8.83. The van der Waals surface area contributed by atoms with E-state index in [2.05, 4.69) is 31.9 Å². The van der Waals surface area contributed by atoms with E-state index >= 15 is 0 Å². The Bertz CT molecular complexity index is 321. The lowest BCUT2D eigenvalue weighted by Gasteiger charge is -2.28. The summed E-state index contributed by atoms with van der Waals surface area (Å²) in [5.74, 6) is 0.904. The Balaban J connectivity index is 2.26. The molecule has 15 heavy (non-hydrogen) atoms. The highest BCUT2D eigenvalue weighted by Gasteiger charge is 2.36. The summed E-state index contributed by atoms with van der Waals surface area (Å²) in [6, 6.07) is 0. The Kier molecular flexibility index (Phi) is 3.95. The van der Waals surface area contributed by atoms with Crippen molar-refractivity contribution in [2.75, 3.05) is 7.11 Å². The minimum absolute atomic E-state index is 0.198. The van der Waals surface area contributed by atoms with Crippen molar-refractivity contribution in [1.29, 1.82) is 0 Å². The smallest absolute Gasteiger partial charge is 0.175 e.